The van der Waals surface area contributed by atoms with E-state index in [1.54, 1.807) is 11.3 Å². The lowest BCUT2D eigenvalue weighted by Crippen LogP contribution is -2.32. The maximum Gasteiger partial charge on any atom is 0.310 e. The van der Waals surface area contributed by atoms with Crippen molar-refractivity contribution in [2.24, 2.45) is 5.92 Å². The highest BCUT2D eigenvalue weighted by molar-refractivity contribution is 7.18. The Labute approximate surface area is 174 Å². The number of hydrogen-bond acceptors (Lipinski definition) is 5. The number of thiazole rings is 1. The number of amides is 1. The van der Waals surface area contributed by atoms with Crippen molar-refractivity contribution in [3.05, 3.63) is 65.2 Å². The maximum atomic E-state index is 12.8. The van der Waals surface area contributed by atoms with E-state index in [4.69, 9.17) is 9.72 Å². The molecule has 6 heteroatoms. The molecule has 1 aliphatic rings. The number of ether oxygens (including phenoxy) is 1. The molecule has 1 heterocycles. The molecule has 0 unspecified atom stereocenters. The molecule has 2 aromatic carbocycles. The highest BCUT2D eigenvalue weighted by atomic mass is 32.1. The van der Waals surface area contributed by atoms with Crippen molar-refractivity contribution in [1.29, 1.82) is 0 Å². The van der Waals surface area contributed by atoms with Crippen molar-refractivity contribution in [3.63, 3.8) is 0 Å². The summed E-state index contributed by atoms with van der Waals surface area (Å²) in [5, 5.41) is 3.79. The summed E-state index contributed by atoms with van der Waals surface area (Å²) in [5.41, 5.74) is 1.99. The van der Waals surface area contributed by atoms with Crippen molar-refractivity contribution in [2.45, 2.75) is 38.1 Å². The van der Waals surface area contributed by atoms with Gasteiger partial charge in [0.2, 0.25) is 0 Å². The number of rotatable bonds is 6. The molecule has 0 spiro atoms. The molecule has 1 fully saturated rings. The van der Waals surface area contributed by atoms with E-state index < -0.39 is 0 Å². The van der Waals surface area contributed by atoms with Gasteiger partial charge in [-0.1, -0.05) is 55.3 Å². The molecular formula is C23H24N2O3S. The van der Waals surface area contributed by atoms with Gasteiger partial charge in [-0.15, -0.1) is 11.3 Å². The average Bonchev–Trinajstić information content (AvgIpc) is 3.21. The number of benzene rings is 2. The molecular weight excluding hydrogens is 384 g/mol. The zero-order chi connectivity index (χ0) is 20.1. The molecule has 5 nitrogen and oxygen atoms in total. The summed E-state index contributed by atoms with van der Waals surface area (Å²) in [6, 6.07) is 17.7. The number of hydrogen-bond donors (Lipinski definition) is 1. The normalized spacial score (nSPS) is 19.0. The van der Waals surface area contributed by atoms with Gasteiger partial charge in [-0.3, -0.25) is 9.59 Å². The van der Waals surface area contributed by atoms with Gasteiger partial charge in [-0.25, -0.2) is 4.98 Å². The van der Waals surface area contributed by atoms with Crippen LogP contribution in [0.4, 0.5) is 0 Å². The number of nitrogens with one attached hydrogen (secondary N) is 1. The van der Waals surface area contributed by atoms with Crippen LogP contribution in [0, 0.1) is 5.92 Å². The van der Waals surface area contributed by atoms with E-state index in [-0.39, 0.29) is 30.3 Å². The van der Waals surface area contributed by atoms with Crippen LogP contribution in [-0.2, 0) is 20.9 Å². The van der Waals surface area contributed by atoms with E-state index in [0.29, 0.717) is 6.54 Å². The minimum absolute atomic E-state index is 0.0704. The molecule has 3 aromatic rings. The summed E-state index contributed by atoms with van der Waals surface area (Å²) in [4.78, 5) is 29.6. The third-order valence-electron chi connectivity index (χ3n) is 5.37. The van der Waals surface area contributed by atoms with Crippen molar-refractivity contribution < 1.29 is 14.3 Å². The summed E-state index contributed by atoms with van der Waals surface area (Å²) < 4.78 is 6.52. The Bertz CT molecular complexity index is 953. The van der Waals surface area contributed by atoms with E-state index in [1.807, 2.05) is 48.5 Å². The van der Waals surface area contributed by atoms with Gasteiger partial charge in [0, 0.05) is 12.5 Å². The Morgan fingerprint density at radius 3 is 2.62 bits per heavy atom. The van der Waals surface area contributed by atoms with Crippen LogP contribution in [0.1, 0.15) is 42.2 Å². The van der Waals surface area contributed by atoms with E-state index in [1.165, 1.54) is 0 Å². The van der Waals surface area contributed by atoms with Gasteiger partial charge in [0.05, 0.1) is 21.1 Å². The lowest BCUT2D eigenvalue weighted by Gasteiger charge is -2.28. The Morgan fingerprint density at radius 1 is 1.03 bits per heavy atom. The molecule has 0 bridgehead atoms. The fraction of sp³-hybridized carbons (Fsp3) is 0.348. The zero-order valence-electron chi connectivity index (χ0n) is 16.2. The topological polar surface area (TPSA) is 68.3 Å². The predicted octanol–water partition coefficient (Wildman–Crippen LogP) is 4.43. The molecule has 1 aliphatic carbocycles. The van der Waals surface area contributed by atoms with Crippen LogP contribution < -0.4 is 5.32 Å². The largest absolute Gasteiger partial charge is 0.455 e. The minimum Gasteiger partial charge on any atom is -0.455 e. The van der Waals surface area contributed by atoms with Crippen LogP contribution in [0.25, 0.3) is 10.2 Å². The van der Waals surface area contributed by atoms with Crippen LogP contribution in [0.15, 0.2) is 54.6 Å². The van der Waals surface area contributed by atoms with Gasteiger partial charge < -0.3 is 10.1 Å². The second-order valence-corrected chi connectivity index (χ2v) is 8.45. The Hall–Kier alpha value is -2.73. The van der Waals surface area contributed by atoms with Crippen LogP contribution in [0.5, 0.6) is 0 Å². The highest BCUT2D eigenvalue weighted by Gasteiger charge is 2.35. The van der Waals surface area contributed by atoms with E-state index >= 15 is 0 Å². The highest BCUT2D eigenvalue weighted by Crippen LogP contribution is 2.41. The summed E-state index contributed by atoms with van der Waals surface area (Å²) in [6.45, 7) is 0.184. The number of carbonyl (C=O) groups excluding carboxylic acids is 2. The molecule has 0 saturated heterocycles. The molecule has 1 aromatic heterocycles. The number of aromatic nitrogens is 1. The van der Waals surface area contributed by atoms with Crippen molar-refractivity contribution >= 4 is 33.4 Å². The fourth-order valence-corrected chi connectivity index (χ4v) is 5.02. The van der Waals surface area contributed by atoms with Crippen LogP contribution in [-0.4, -0.2) is 23.5 Å². The lowest BCUT2D eigenvalue weighted by molar-refractivity contribution is -0.154. The molecule has 0 radical (unpaired) electrons. The fourth-order valence-electron chi connectivity index (χ4n) is 3.85. The van der Waals surface area contributed by atoms with Crippen molar-refractivity contribution in [1.82, 2.24) is 10.3 Å². The van der Waals surface area contributed by atoms with Crippen LogP contribution in [0.3, 0.4) is 0 Å². The lowest BCUT2D eigenvalue weighted by atomic mass is 9.79. The first-order valence-corrected chi connectivity index (χ1v) is 10.8. The average molecular weight is 409 g/mol. The van der Waals surface area contributed by atoms with Gasteiger partial charge in [-0.2, -0.15) is 0 Å². The van der Waals surface area contributed by atoms with Crippen LogP contribution >= 0.6 is 11.3 Å². The number of nitrogens with zero attached hydrogens (tertiary/aromatic N) is 1. The summed E-state index contributed by atoms with van der Waals surface area (Å²) in [6.07, 6.45) is 3.80. The van der Waals surface area contributed by atoms with Crippen molar-refractivity contribution in [2.75, 3.05) is 6.61 Å². The Kier molecular flexibility index (Phi) is 6.20. The van der Waals surface area contributed by atoms with E-state index in [2.05, 4.69) is 11.4 Å². The number of fused-ring (bicyclic) bond motifs is 1. The van der Waals surface area contributed by atoms with Crippen LogP contribution in [0.2, 0.25) is 0 Å². The maximum absolute atomic E-state index is 12.8. The zero-order valence-corrected chi connectivity index (χ0v) is 17.0. The minimum atomic E-state index is -0.288. The molecule has 0 aliphatic heterocycles. The SMILES string of the molecule is O=C(COC(=O)[C@@H]1CCCC[C@@H]1c1nc2ccccc2s1)NCc1ccccc1. The molecule has 2 atom stereocenters. The van der Waals surface area contributed by atoms with Gasteiger partial charge in [0.1, 0.15) is 0 Å². The van der Waals surface area contributed by atoms with Crippen molar-refractivity contribution in [3.8, 4) is 0 Å². The molecule has 1 amide bonds. The second-order valence-electron chi connectivity index (χ2n) is 7.39. The van der Waals surface area contributed by atoms with Gasteiger partial charge in [0.25, 0.3) is 5.91 Å². The summed E-state index contributed by atoms with van der Waals surface area (Å²) in [7, 11) is 0. The third kappa shape index (κ3) is 4.82. The first-order chi connectivity index (χ1) is 14.2. The quantitative estimate of drug-likeness (QED) is 0.613. The summed E-state index contributed by atoms with van der Waals surface area (Å²) >= 11 is 1.66. The number of esters is 1. The van der Waals surface area contributed by atoms with Gasteiger partial charge >= 0.3 is 5.97 Å². The smallest absolute Gasteiger partial charge is 0.310 e. The van der Waals surface area contributed by atoms with E-state index in [0.717, 1.165) is 46.5 Å². The molecule has 150 valence electrons. The molecule has 29 heavy (non-hydrogen) atoms. The monoisotopic (exact) mass is 408 g/mol. The first kappa shape index (κ1) is 19.6. The Balaban J connectivity index is 1.35. The number of carbonyl (C=O) groups is 2. The standard InChI is InChI=1S/C23H24N2O3S/c26-21(24-14-16-8-2-1-3-9-16)15-28-23(27)18-11-5-4-10-17(18)22-25-19-12-6-7-13-20(19)29-22/h1-3,6-9,12-13,17-18H,4-5,10-11,14-15H2,(H,24,26)/t17-,18+/m0/s1. The Morgan fingerprint density at radius 2 is 1.79 bits per heavy atom. The number of para-hydroxylation sites is 1. The predicted molar refractivity (Wildman–Crippen MR) is 114 cm³/mol. The molecule has 1 saturated carbocycles. The second kappa shape index (κ2) is 9.18. The summed E-state index contributed by atoms with van der Waals surface area (Å²) in [5.74, 6) is -0.731. The first-order valence-electron chi connectivity index (χ1n) is 10.0. The third-order valence-corrected chi connectivity index (χ3v) is 6.54. The van der Waals surface area contributed by atoms with E-state index in [9.17, 15) is 9.59 Å². The van der Waals surface area contributed by atoms with Gasteiger partial charge in [0.15, 0.2) is 6.61 Å². The molecule has 4 rings (SSSR count). The molecule has 1 N–H and O–H groups in total. The van der Waals surface area contributed by atoms with Gasteiger partial charge in [-0.05, 0) is 30.5 Å².